The lowest BCUT2D eigenvalue weighted by atomic mass is 9.88. The fourth-order valence-corrected chi connectivity index (χ4v) is 4.48. The number of carbonyl (C=O) groups excluding carboxylic acids is 1. The van der Waals surface area contributed by atoms with Gasteiger partial charge in [-0.15, -0.1) is 11.3 Å². The number of ether oxygens (including phenoxy) is 1. The zero-order valence-electron chi connectivity index (χ0n) is 19.8. The van der Waals surface area contributed by atoms with Crippen molar-refractivity contribution in [3.05, 3.63) is 58.6 Å². The summed E-state index contributed by atoms with van der Waals surface area (Å²) in [4.78, 5) is 27.5. The number of benzene rings is 1. The van der Waals surface area contributed by atoms with Crippen LogP contribution in [0.25, 0.3) is 10.6 Å². The number of rotatable bonds is 7. The van der Waals surface area contributed by atoms with Gasteiger partial charge in [0.15, 0.2) is 0 Å². The van der Waals surface area contributed by atoms with Crippen LogP contribution in [0.4, 0.5) is 13.2 Å². The van der Waals surface area contributed by atoms with Crippen molar-refractivity contribution < 1.29 is 22.7 Å². The van der Waals surface area contributed by atoms with E-state index in [4.69, 9.17) is 4.74 Å². The number of thiazole rings is 1. The molecule has 4 rings (SSSR count). The molecule has 0 unspecified atom stereocenters. The molecule has 2 aromatic heterocycles. The molecule has 7 nitrogen and oxygen atoms in total. The summed E-state index contributed by atoms with van der Waals surface area (Å²) in [6.45, 7) is 3.61. The van der Waals surface area contributed by atoms with Crippen LogP contribution in [0.5, 0.6) is 5.75 Å². The van der Waals surface area contributed by atoms with Crippen molar-refractivity contribution in [1.82, 2.24) is 25.2 Å². The molecule has 1 amide bonds. The minimum absolute atomic E-state index is 0.0646. The van der Waals surface area contributed by atoms with Crippen LogP contribution in [-0.2, 0) is 6.18 Å². The lowest BCUT2D eigenvalue weighted by Gasteiger charge is -2.39. The van der Waals surface area contributed by atoms with Crippen molar-refractivity contribution >= 4 is 17.2 Å². The quantitative estimate of drug-likeness (QED) is 0.493. The standard InChI is InChI=1S/C24H26F3N5O2S/c1-13-10-28-22(35-13)16-5-15(6-19(7-16)34-20-8-18(9-20)32(3)4)21(33)31-14(2)17-11-29-23(30-12-17)24(25,26)27/h5-7,10-12,14,18,20H,8-9H2,1-4H3,(H,31,33)/t14-,18?,20?/m1/s1. The normalized spacial score (nSPS) is 18.7. The van der Waals surface area contributed by atoms with Gasteiger partial charge < -0.3 is 15.0 Å². The summed E-state index contributed by atoms with van der Waals surface area (Å²) in [5.74, 6) is -1.04. The molecule has 1 aromatic carbocycles. The second kappa shape index (κ2) is 9.90. The van der Waals surface area contributed by atoms with E-state index in [-0.39, 0.29) is 6.10 Å². The zero-order valence-corrected chi connectivity index (χ0v) is 20.6. The summed E-state index contributed by atoms with van der Waals surface area (Å²) in [5.41, 5.74) is 1.49. The van der Waals surface area contributed by atoms with Crippen molar-refractivity contribution in [1.29, 1.82) is 0 Å². The molecular formula is C24H26F3N5O2S. The van der Waals surface area contributed by atoms with Crippen LogP contribution < -0.4 is 10.1 Å². The predicted octanol–water partition coefficient (Wildman–Crippen LogP) is 4.89. The Kier molecular flexibility index (Phi) is 7.09. The van der Waals surface area contributed by atoms with Crippen LogP contribution in [0.3, 0.4) is 0 Å². The van der Waals surface area contributed by atoms with E-state index in [0.717, 1.165) is 40.7 Å². The minimum atomic E-state index is -4.62. The fraction of sp³-hybridized carbons (Fsp3) is 0.417. The smallest absolute Gasteiger partial charge is 0.451 e. The number of aryl methyl sites for hydroxylation is 1. The van der Waals surface area contributed by atoms with E-state index < -0.39 is 23.9 Å². The topological polar surface area (TPSA) is 80.2 Å². The fourth-order valence-electron chi connectivity index (χ4n) is 3.73. The van der Waals surface area contributed by atoms with E-state index in [0.29, 0.717) is 22.9 Å². The molecule has 2 heterocycles. The Hall–Kier alpha value is -3.05. The number of alkyl halides is 3. The second-order valence-corrected chi connectivity index (χ2v) is 10.1. The van der Waals surface area contributed by atoms with Gasteiger partial charge in [0, 0.05) is 46.2 Å². The first-order valence-electron chi connectivity index (χ1n) is 11.1. The average Bonchev–Trinajstić information content (AvgIpc) is 3.21. The van der Waals surface area contributed by atoms with Crippen LogP contribution in [0.1, 0.15) is 52.4 Å². The van der Waals surface area contributed by atoms with Crippen molar-refractivity contribution in [3.63, 3.8) is 0 Å². The van der Waals surface area contributed by atoms with Crippen molar-refractivity contribution in [2.75, 3.05) is 14.1 Å². The van der Waals surface area contributed by atoms with Gasteiger partial charge in [-0.05, 0) is 59.0 Å². The first-order valence-corrected chi connectivity index (χ1v) is 11.9. The number of carbonyl (C=O) groups is 1. The van der Waals surface area contributed by atoms with E-state index in [9.17, 15) is 18.0 Å². The Morgan fingerprint density at radius 1 is 1.14 bits per heavy atom. The molecule has 0 saturated heterocycles. The Morgan fingerprint density at radius 2 is 1.83 bits per heavy atom. The molecule has 1 N–H and O–H groups in total. The Labute approximate surface area is 205 Å². The molecule has 11 heteroatoms. The SMILES string of the molecule is Cc1cnc(-c2cc(OC3CC(N(C)C)C3)cc(C(=O)N[C@H](C)c3cnc(C(F)(F)F)nc3)c2)s1. The molecule has 1 atom stereocenters. The molecule has 0 bridgehead atoms. The molecule has 1 saturated carbocycles. The van der Waals surface area contributed by atoms with Gasteiger partial charge >= 0.3 is 6.18 Å². The summed E-state index contributed by atoms with van der Waals surface area (Å²) < 4.78 is 44.4. The van der Waals surface area contributed by atoms with Gasteiger partial charge in [-0.3, -0.25) is 4.79 Å². The van der Waals surface area contributed by atoms with E-state index >= 15 is 0 Å². The van der Waals surface area contributed by atoms with Crippen LogP contribution in [0.15, 0.2) is 36.8 Å². The van der Waals surface area contributed by atoms with E-state index in [1.165, 1.54) is 11.3 Å². The number of aromatic nitrogens is 3. The monoisotopic (exact) mass is 505 g/mol. The van der Waals surface area contributed by atoms with E-state index in [1.54, 1.807) is 25.3 Å². The number of nitrogens with zero attached hydrogens (tertiary/aromatic N) is 4. The summed E-state index contributed by atoms with van der Waals surface area (Å²) >= 11 is 1.51. The summed E-state index contributed by atoms with van der Waals surface area (Å²) in [7, 11) is 4.08. The summed E-state index contributed by atoms with van der Waals surface area (Å²) in [6.07, 6.45) is 1.16. The number of hydrogen-bond donors (Lipinski definition) is 1. The highest BCUT2D eigenvalue weighted by Crippen LogP contribution is 2.33. The lowest BCUT2D eigenvalue weighted by Crippen LogP contribution is -2.46. The molecule has 3 aromatic rings. The highest BCUT2D eigenvalue weighted by molar-refractivity contribution is 7.14. The van der Waals surface area contributed by atoms with Crippen LogP contribution in [0.2, 0.25) is 0 Å². The third kappa shape index (κ3) is 5.96. The van der Waals surface area contributed by atoms with Crippen molar-refractivity contribution in [3.8, 4) is 16.3 Å². The van der Waals surface area contributed by atoms with E-state index in [1.807, 2.05) is 27.1 Å². The number of nitrogens with one attached hydrogen (secondary N) is 1. The van der Waals surface area contributed by atoms with Crippen molar-refractivity contribution in [2.45, 2.75) is 51.1 Å². The molecule has 186 valence electrons. The summed E-state index contributed by atoms with van der Waals surface area (Å²) in [5, 5.41) is 3.58. The molecule has 1 aliphatic rings. The Balaban J connectivity index is 1.53. The van der Waals surface area contributed by atoms with Crippen LogP contribution in [-0.4, -0.2) is 52.0 Å². The number of hydrogen-bond acceptors (Lipinski definition) is 7. The lowest BCUT2D eigenvalue weighted by molar-refractivity contribution is -0.145. The maximum Gasteiger partial charge on any atom is 0.451 e. The highest BCUT2D eigenvalue weighted by Gasteiger charge is 2.34. The number of amides is 1. The van der Waals surface area contributed by atoms with Gasteiger partial charge in [0.1, 0.15) is 16.9 Å². The first-order chi connectivity index (χ1) is 16.5. The second-order valence-electron chi connectivity index (χ2n) is 8.88. The maximum absolute atomic E-state index is 13.1. The average molecular weight is 506 g/mol. The predicted molar refractivity (Wildman–Crippen MR) is 126 cm³/mol. The van der Waals surface area contributed by atoms with Gasteiger partial charge in [-0.1, -0.05) is 0 Å². The molecular weight excluding hydrogens is 479 g/mol. The number of halogens is 3. The molecule has 0 radical (unpaired) electrons. The third-order valence-electron chi connectivity index (χ3n) is 5.91. The zero-order chi connectivity index (χ0) is 25.3. The van der Waals surface area contributed by atoms with E-state index in [2.05, 4.69) is 25.2 Å². The van der Waals surface area contributed by atoms with Crippen LogP contribution in [0, 0.1) is 6.92 Å². The maximum atomic E-state index is 13.1. The van der Waals surface area contributed by atoms with Gasteiger partial charge in [0.25, 0.3) is 5.91 Å². The molecule has 0 aliphatic heterocycles. The summed E-state index contributed by atoms with van der Waals surface area (Å²) in [6, 6.07) is 5.16. The Bertz CT molecular complexity index is 1190. The van der Waals surface area contributed by atoms with Gasteiger partial charge in [-0.2, -0.15) is 13.2 Å². The van der Waals surface area contributed by atoms with Crippen LogP contribution >= 0.6 is 11.3 Å². The Morgan fingerprint density at radius 3 is 2.40 bits per heavy atom. The first kappa shape index (κ1) is 25.1. The third-order valence-corrected chi connectivity index (χ3v) is 6.87. The van der Waals surface area contributed by atoms with Gasteiger partial charge in [0.2, 0.25) is 5.82 Å². The molecule has 0 spiro atoms. The highest BCUT2D eigenvalue weighted by atomic mass is 32.1. The molecule has 35 heavy (non-hydrogen) atoms. The van der Waals surface area contributed by atoms with Crippen molar-refractivity contribution in [2.24, 2.45) is 0 Å². The largest absolute Gasteiger partial charge is 0.490 e. The van der Waals surface area contributed by atoms with Gasteiger partial charge in [-0.25, -0.2) is 15.0 Å². The molecule has 1 aliphatic carbocycles. The molecule has 1 fully saturated rings. The minimum Gasteiger partial charge on any atom is -0.490 e. The van der Waals surface area contributed by atoms with Gasteiger partial charge in [0.05, 0.1) is 6.04 Å².